The Morgan fingerprint density at radius 1 is 0.778 bits per heavy atom. The van der Waals surface area contributed by atoms with Crippen molar-refractivity contribution in [2.75, 3.05) is 17.2 Å². The van der Waals surface area contributed by atoms with Gasteiger partial charge in [0.1, 0.15) is 5.70 Å². The van der Waals surface area contributed by atoms with Crippen LogP contribution in [0.15, 0.2) is 90.1 Å². The Morgan fingerprint density at radius 2 is 1.58 bits per heavy atom. The Hall–Kier alpha value is -4.58. The first-order valence-corrected chi connectivity index (χ1v) is 12.1. The summed E-state index contributed by atoms with van der Waals surface area (Å²) in [6.07, 6.45) is 6.19. The second kappa shape index (κ2) is 9.23. The van der Waals surface area contributed by atoms with Crippen LogP contribution >= 0.6 is 0 Å². The van der Waals surface area contributed by atoms with E-state index in [4.69, 9.17) is 15.7 Å². The van der Waals surface area contributed by atoms with Crippen LogP contribution in [0.4, 0.5) is 11.4 Å². The number of nitrogen functional groups attached to an aromatic ring is 1. The Morgan fingerprint density at radius 3 is 2.42 bits per heavy atom. The third-order valence-corrected chi connectivity index (χ3v) is 6.53. The molecular formula is C30H25N5O. The second-order valence-electron chi connectivity index (χ2n) is 9.03. The third-order valence-electron chi connectivity index (χ3n) is 6.53. The van der Waals surface area contributed by atoms with Gasteiger partial charge in [0, 0.05) is 46.9 Å². The molecule has 0 bridgehead atoms. The number of hydrogen-bond acceptors (Lipinski definition) is 6. The molecule has 36 heavy (non-hydrogen) atoms. The Labute approximate surface area is 209 Å². The molecule has 2 N–H and O–H groups in total. The first kappa shape index (κ1) is 21.9. The van der Waals surface area contributed by atoms with Gasteiger partial charge in [0.15, 0.2) is 5.78 Å². The lowest BCUT2D eigenvalue weighted by molar-refractivity contribution is 0.0971. The Kier molecular flexibility index (Phi) is 5.62. The van der Waals surface area contributed by atoms with Gasteiger partial charge >= 0.3 is 0 Å². The predicted molar refractivity (Wildman–Crippen MR) is 145 cm³/mol. The first-order valence-electron chi connectivity index (χ1n) is 12.1. The van der Waals surface area contributed by atoms with E-state index in [-0.39, 0.29) is 5.78 Å². The number of Topliss-reactive ketones (excluding diaryl/α,β-unsaturated/α-hetero) is 1. The molecule has 2 aliphatic rings. The first-order chi connectivity index (χ1) is 17.6. The molecule has 1 aliphatic heterocycles. The topological polar surface area (TPSA) is 84.5 Å². The minimum Gasteiger partial charge on any atom is -0.399 e. The zero-order valence-electron chi connectivity index (χ0n) is 19.8. The number of ketones is 1. The molecule has 1 aliphatic carbocycles. The number of carbonyl (C=O) groups excluding carboxylic acids is 1. The highest BCUT2D eigenvalue weighted by atomic mass is 16.1. The van der Waals surface area contributed by atoms with E-state index >= 15 is 0 Å². The zero-order chi connectivity index (χ0) is 24.5. The fourth-order valence-electron chi connectivity index (χ4n) is 4.70. The number of aliphatic imine (C=N–C) groups is 1. The molecule has 176 valence electrons. The molecule has 0 fully saturated rings. The van der Waals surface area contributed by atoms with Crippen LogP contribution in [-0.2, 0) is 6.42 Å². The lowest BCUT2D eigenvalue weighted by atomic mass is 9.94. The van der Waals surface area contributed by atoms with Crippen LogP contribution in [0.1, 0.15) is 34.6 Å². The summed E-state index contributed by atoms with van der Waals surface area (Å²) in [5, 5.41) is 0. The Balaban J connectivity index is 1.42. The molecule has 6 nitrogen and oxygen atoms in total. The highest BCUT2D eigenvalue weighted by molar-refractivity contribution is 5.98. The number of anilines is 2. The second-order valence-corrected chi connectivity index (χ2v) is 9.03. The minimum absolute atomic E-state index is 0.178. The fourth-order valence-corrected chi connectivity index (χ4v) is 4.70. The third kappa shape index (κ3) is 4.29. The number of fused-ring (bicyclic) bond motifs is 1. The van der Waals surface area contributed by atoms with Gasteiger partial charge in [0.25, 0.3) is 0 Å². The van der Waals surface area contributed by atoms with Crippen molar-refractivity contribution in [3.63, 3.8) is 0 Å². The molecule has 0 saturated carbocycles. The van der Waals surface area contributed by atoms with Crippen LogP contribution in [-0.4, -0.2) is 28.5 Å². The summed E-state index contributed by atoms with van der Waals surface area (Å²) in [5.41, 5.74) is 14.7. The molecule has 0 amide bonds. The smallest absolute Gasteiger partial charge is 0.164 e. The SMILES string of the molecule is Nc1cccc(-c2cc(N3C=C(c4ccc5c(n4)CCCC5=O)N=CC3)cc(-c3ccccc3)n2)c1. The predicted octanol–water partition coefficient (Wildman–Crippen LogP) is 5.80. The molecule has 6 heteroatoms. The number of nitrogens with zero attached hydrogens (tertiary/aromatic N) is 4. The molecule has 0 spiro atoms. The van der Waals surface area contributed by atoms with Gasteiger partial charge in [0.05, 0.1) is 29.3 Å². The summed E-state index contributed by atoms with van der Waals surface area (Å²) in [5.74, 6) is 0.178. The largest absolute Gasteiger partial charge is 0.399 e. The highest BCUT2D eigenvalue weighted by Crippen LogP contribution is 2.32. The molecule has 6 rings (SSSR count). The quantitative estimate of drug-likeness (QED) is 0.380. The van der Waals surface area contributed by atoms with Crippen LogP contribution in [0.5, 0.6) is 0 Å². The van der Waals surface area contributed by atoms with E-state index < -0.39 is 0 Å². The van der Waals surface area contributed by atoms with E-state index in [9.17, 15) is 4.79 Å². The summed E-state index contributed by atoms with van der Waals surface area (Å²) in [4.78, 5) is 28.8. The van der Waals surface area contributed by atoms with Gasteiger partial charge in [-0.1, -0.05) is 42.5 Å². The molecule has 0 unspecified atom stereocenters. The molecule has 0 saturated heterocycles. The van der Waals surface area contributed by atoms with Gasteiger partial charge in [-0.25, -0.2) is 4.98 Å². The van der Waals surface area contributed by atoms with E-state index in [1.165, 1.54) is 0 Å². The molecule has 0 atom stereocenters. The number of benzene rings is 2. The number of hydrogen-bond donors (Lipinski definition) is 1. The number of carbonyl (C=O) groups is 1. The average Bonchev–Trinajstić information content (AvgIpc) is 2.93. The molecule has 2 aromatic heterocycles. The van der Waals surface area contributed by atoms with E-state index in [0.29, 0.717) is 18.7 Å². The van der Waals surface area contributed by atoms with E-state index in [2.05, 4.69) is 34.2 Å². The maximum Gasteiger partial charge on any atom is 0.164 e. The monoisotopic (exact) mass is 471 g/mol. The van der Waals surface area contributed by atoms with Crippen molar-refractivity contribution >= 4 is 29.1 Å². The van der Waals surface area contributed by atoms with Gasteiger partial charge in [-0.05, 0) is 49.2 Å². The lowest BCUT2D eigenvalue weighted by Gasteiger charge is -2.24. The van der Waals surface area contributed by atoms with E-state index in [0.717, 1.165) is 63.7 Å². The number of rotatable bonds is 4. The number of nitrogens with two attached hydrogens (primary N) is 1. The van der Waals surface area contributed by atoms with Crippen LogP contribution in [0.25, 0.3) is 28.2 Å². The number of aromatic nitrogens is 2. The summed E-state index contributed by atoms with van der Waals surface area (Å²) < 4.78 is 0. The summed E-state index contributed by atoms with van der Waals surface area (Å²) in [6, 6.07) is 25.9. The van der Waals surface area contributed by atoms with E-state index in [1.54, 1.807) is 0 Å². The Bertz CT molecular complexity index is 1520. The van der Waals surface area contributed by atoms with Gasteiger partial charge < -0.3 is 10.6 Å². The molecule has 3 heterocycles. The van der Waals surface area contributed by atoms with E-state index in [1.807, 2.05) is 67.0 Å². The summed E-state index contributed by atoms with van der Waals surface area (Å²) in [6.45, 7) is 0.627. The minimum atomic E-state index is 0.178. The van der Waals surface area contributed by atoms with Gasteiger partial charge in [0.2, 0.25) is 0 Å². The van der Waals surface area contributed by atoms with Crippen LogP contribution in [0.3, 0.4) is 0 Å². The van der Waals surface area contributed by atoms with Gasteiger partial charge in [-0.3, -0.25) is 14.8 Å². The lowest BCUT2D eigenvalue weighted by Crippen LogP contribution is -2.22. The van der Waals surface area contributed by atoms with Crippen molar-refractivity contribution in [2.45, 2.75) is 19.3 Å². The number of aryl methyl sites for hydroxylation is 1. The normalized spacial score (nSPS) is 14.9. The van der Waals surface area contributed by atoms with Crippen LogP contribution < -0.4 is 10.6 Å². The standard InChI is InChI=1S/C30H25N5O/c31-22-9-4-8-21(16-22)28-18-23(17-27(34-28)20-6-2-1-3-7-20)35-15-14-32-29(19-35)26-13-12-24-25(33-26)10-5-11-30(24)36/h1-4,6-9,12-14,16-19H,5,10-11,15,31H2. The van der Waals surface area contributed by atoms with Crippen LogP contribution in [0, 0.1) is 0 Å². The van der Waals surface area contributed by atoms with Gasteiger partial charge in [-0.2, -0.15) is 0 Å². The van der Waals surface area contributed by atoms with Crippen molar-refractivity contribution in [2.24, 2.45) is 4.99 Å². The summed E-state index contributed by atoms with van der Waals surface area (Å²) in [7, 11) is 0. The van der Waals surface area contributed by atoms with Gasteiger partial charge in [-0.15, -0.1) is 0 Å². The van der Waals surface area contributed by atoms with Crippen molar-refractivity contribution in [1.29, 1.82) is 0 Å². The van der Waals surface area contributed by atoms with Crippen molar-refractivity contribution in [1.82, 2.24) is 9.97 Å². The summed E-state index contributed by atoms with van der Waals surface area (Å²) >= 11 is 0. The molecule has 2 aromatic carbocycles. The van der Waals surface area contributed by atoms with Crippen molar-refractivity contribution < 1.29 is 4.79 Å². The van der Waals surface area contributed by atoms with Crippen molar-refractivity contribution in [3.05, 3.63) is 102 Å². The maximum atomic E-state index is 12.2. The van der Waals surface area contributed by atoms with Crippen molar-refractivity contribution in [3.8, 4) is 22.5 Å². The maximum absolute atomic E-state index is 12.2. The number of pyridine rings is 2. The average molecular weight is 472 g/mol. The zero-order valence-corrected chi connectivity index (χ0v) is 19.8. The molecular weight excluding hydrogens is 446 g/mol. The molecule has 0 radical (unpaired) electrons. The highest BCUT2D eigenvalue weighted by Gasteiger charge is 2.20. The van der Waals surface area contributed by atoms with Crippen LogP contribution in [0.2, 0.25) is 0 Å². The molecule has 4 aromatic rings. The fraction of sp³-hybridized carbons (Fsp3) is 0.133.